The highest BCUT2D eigenvalue weighted by molar-refractivity contribution is 6.01. The maximum Gasteiger partial charge on any atom is 0.244 e. The van der Waals surface area contributed by atoms with Gasteiger partial charge in [-0.2, -0.15) is 0 Å². The van der Waals surface area contributed by atoms with Crippen molar-refractivity contribution in [1.29, 1.82) is 0 Å². The van der Waals surface area contributed by atoms with Crippen LogP contribution in [-0.4, -0.2) is 27.2 Å². The summed E-state index contributed by atoms with van der Waals surface area (Å²) in [5.41, 5.74) is 6.20. The van der Waals surface area contributed by atoms with E-state index >= 15 is 0 Å². The molecule has 0 saturated carbocycles. The number of furan rings is 1. The van der Waals surface area contributed by atoms with E-state index < -0.39 is 0 Å². The number of hydrogen-bond acceptors (Lipinski definition) is 5. The van der Waals surface area contributed by atoms with E-state index in [1.165, 1.54) is 0 Å². The molecule has 4 rings (SSSR count). The maximum atomic E-state index is 12.7. The Kier molecular flexibility index (Phi) is 7.11. The van der Waals surface area contributed by atoms with Crippen LogP contribution in [0.3, 0.4) is 0 Å². The Balaban J connectivity index is 1.65. The SMILES string of the molecule is COc1ccc(-c2coc3c(C)c(OC)c(/C(C)=C/C(=O)NCc4cccc(OC)c4)cc23)cc1. The summed E-state index contributed by atoms with van der Waals surface area (Å²) in [6, 6.07) is 17.5. The molecule has 1 amide bonds. The number of fused-ring (bicyclic) bond motifs is 1. The minimum Gasteiger partial charge on any atom is -0.497 e. The number of amides is 1. The molecule has 3 aromatic carbocycles. The van der Waals surface area contributed by atoms with Crippen molar-refractivity contribution in [2.45, 2.75) is 20.4 Å². The molecule has 0 aliphatic heterocycles. The normalized spacial score (nSPS) is 11.4. The Bertz CT molecular complexity index is 1380. The first kappa shape index (κ1) is 24.0. The molecule has 0 unspecified atom stereocenters. The highest BCUT2D eigenvalue weighted by atomic mass is 16.5. The Morgan fingerprint density at radius 2 is 1.71 bits per heavy atom. The number of carbonyl (C=O) groups excluding carboxylic acids is 1. The highest BCUT2D eigenvalue weighted by Gasteiger charge is 2.19. The Morgan fingerprint density at radius 1 is 0.971 bits per heavy atom. The second-order valence-corrected chi connectivity index (χ2v) is 8.23. The molecule has 35 heavy (non-hydrogen) atoms. The van der Waals surface area contributed by atoms with Crippen molar-refractivity contribution in [3.05, 3.63) is 83.6 Å². The molecule has 6 nitrogen and oxygen atoms in total. The van der Waals surface area contributed by atoms with E-state index in [0.717, 1.165) is 55.9 Å². The highest BCUT2D eigenvalue weighted by Crippen LogP contribution is 2.40. The standard InChI is InChI=1S/C29H29NO5/c1-18(13-27(31)30-16-20-7-6-8-23(14-20)33-4)24-15-25-26(21-9-11-22(32-3)12-10-21)17-35-29(25)19(2)28(24)34-5/h6-15,17H,16H2,1-5H3,(H,30,31)/b18-13+. The number of aryl methyl sites for hydroxylation is 1. The van der Waals surface area contributed by atoms with Crippen LogP contribution in [0.25, 0.3) is 27.7 Å². The van der Waals surface area contributed by atoms with Gasteiger partial charge in [-0.15, -0.1) is 0 Å². The molecule has 0 spiro atoms. The second-order valence-electron chi connectivity index (χ2n) is 8.23. The molecule has 0 aliphatic rings. The molecule has 0 bridgehead atoms. The number of carbonyl (C=O) groups is 1. The molecular weight excluding hydrogens is 442 g/mol. The summed E-state index contributed by atoms with van der Waals surface area (Å²) in [7, 11) is 4.89. The van der Waals surface area contributed by atoms with Gasteiger partial charge in [-0.3, -0.25) is 4.79 Å². The van der Waals surface area contributed by atoms with Crippen molar-refractivity contribution in [3.63, 3.8) is 0 Å². The Labute approximate surface area is 205 Å². The van der Waals surface area contributed by atoms with E-state index in [1.807, 2.05) is 68.4 Å². The molecule has 6 heteroatoms. The number of allylic oxidation sites excluding steroid dienone is 1. The van der Waals surface area contributed by atoms with Crippen molar-refractivity contribution in [1.82, 2.24) is 5.32 Å². The number of hydrogen-bond donors (Lipinski definition) is 1. The third-order valence-electron chi connectivity index (χ3n) is 6.02. The predicted octanol–water partition coefficient (Wildman–Crippen LogP) is 6.15. The van der Waals surface area contributed by atoms with E-state index in [0.29, 0.717) is 12.3 Å². The van der Waals surface area contributed by atoms with Crippen LogP contribution in [0.1, 0.15) is 23.6 Å². The molecule has 180 valence electrons. The lowest BCUT2D eigenvalue weighted by Crippen LogP contribution is -2.20. The zero-order valence-electron chi connectivity index (χ0n) is 20.6. The fraction of sp³-hybridized carbons (Fsp3) is 0.207. The first-order valence-electron chi connectivity index (χ1n) is 11.3. The summed E-state index contributed by atoms with van der Waals surface area (Å²) in [5.74, 6) is 2.04. The van der Waals surface area contributed by atoms with Crippen molar-refractivity contribution < 1.29 is 23.4 Å². The molecule has 4 aromatic rings. The molecular formula is C29H29NO5. The maximum absolute atomic E-state index is 12.7. The zero-order valence-corrected chi connectivity index (χ0v) is 20.6. The third kappa shape index (κ3) is 5.01. The summed E-state index contributed by atoms with van der Waals surface area (Å²) in [4.78, 5) is 12.7. The van der Waals surface area contributed by atoms with Crippen molar-refractivity contribution in [2.75, 3.05) is 21.3 Å². The number of methoxy groups -OCH3 is 3. The van der Waals surface area contributed by atoms with Gasteiger partial charge in [0.1, 0.15) is 22.8 Å². The van der Waals surface area contributed by atoms with Crippen LogP contribution in [0.5, 0.6) is 17.2 Å². The van der Waals surface area contributed by atoms with Crippen LogP contribution in [0.15, 0.2) is 71.4 Å². The summed E-state index contributed by atoms with van der Waals surface area (Å²) in [6.45, 7) is 4.27. The van der Waals surface area contributed by atoms with Gasteiger partial charge < -0.3 is 23.9 Å². The van der Waals surface area contributed by atoms with Crippen LogP contribution in [0.4, 0.5) is 0 Å². The van der Waals surface area contributed by atoms with Gasteiger partial charge >= 0.3 is 0 Å². The molecule has 1 N–H and O–H groups in total. The summed E-state index contributed by atoms with van der Waals surface area (Å²) >= 11 is 0. The molecule has 0 saturated heterocycles. The van der Waals surface area contributed by atoms with Gasteiger partial charge in [-0.1, -0.05) is 24.3 Å². The zero-order chi connectivity index (χ0) is 24.9. The molecule has 0 atom stereocenters. The van der Waals surface area contributed by atoms with Crippen molar-refractivity contribution in [3.8, 4) is 28.4 Å². The summed E-state index contributed by atoms with van der Waals surface area (Å²) < 4.78 is 22.2. The topological polar surface area (TPSA) is 69.9 Å². The lowest BCUT2D eigenvalue weighted by Gasteiger charge is -2.13. The molecule has 1 aromatic heterocycles. The van der Waals surface area contributed by atoms with Gasteiger partial charge in [0.25, 0.3) is 0 Å². The van der Waals surface area contributed by atoms with Gasteiger partial charge in [0, 0.05) is 34.7 Å². The van der Waals surface area contributed by atoms with Crippen LogP contribution in [0, 0.1) is 6.92 Å². The summed E-state index contributed by atoms with van der Waals surface area (Å²) in [6.07, 6.45) is 3.35. The third-order valence-corrected chi connectivity index (χ3v) is 6.02. The fourth-order valence-electron chi connectivity index (χ4n) is 4.16. The van der Waals surface area contributed by atoms with E-state index in [-0.39, 0.29) is 5.91 Å². The van der Waals surface area contributed by atoms with Crippen LogP contribution < -0.4 is 19.5 Å². The quantitative estimate of drug-likeness (QED) is 0.312. The first-order chi connectivity index (χ1) is 16.9. The van der Waals surface area contributed by atoms with Gasteiger partial charge in [0.15, 0.2) is 0 Å². The van der Waals surface area contributed by atoms with Gasteiger partial charge in [-0.05, 0) is 60.9 Å². The largest absolute Gasteiger partial charge is 0.497 e. The monoisotopic (exact) mass is 471 g/mol. The smallest absolute Gasteiger partial charge is 0.244 e. The minimum absolute atomic E-state index is 0.187. The van der Waals surface area contributed by atoms with Crippen molar-refractivity contribution >= 4 is 22.4 Å². The van der Waals surface area contributed by atoms with E-state index in [4.69, 9.17) is 18.6 Å². The summed E-state index contributed by atoms with van der Waals surface area (Å²) in [5, 5.41) is 3.89. The van der Waals surface area contributed by atoms with Gasteiger partial charge in [0.05, 0.1) is 27.6 Å². The van der Waals surface area contributed by atoms with Crippen LogP contribution >= 0.6 is 0 Å². The van der Waals surface area contributed by atoms with Gasteiger partial charge in [0.2, 0.25) is 5.91 Å². The Hall–Kier alpha value is -4.19. The molecule has 0 aliphatic carbocycles. The fourth-order valence-corrected chi connectivity index (χ4v) is 4.16. The number of ether oxygens (including phenoxy) is 3. The predicted molar refractivity (Wildman–Crippen MR) is 138 cm³/mol. The number of nitrogens with one attached hydrogen (secondary N) is 1. The second kappa shape index (κ2) is 10.4. The van der Waals surface area contributed by atoms with E-state index in [1.54, 1.807) is 33.7 Å². The van der Waals surface area contributed by atoms with E-state index in [2.05, 4.69) is 5.32 Å². The Morgan fingerprint density at radius 3 is 2.40 bits per heavy atom. The molecule has 0 radical (unpaired) electrons. The molecule has 0 fully saturated rings. The van der Waals surface area contributed by atoms with Gasteiger partial charge in [-0.25, -0.2) is 0 Å². The number of rotatable bonds is 8. The number of benzene rings is 3. The van der Waals surface area contributed by atoms with E-state index in [9.17, 15) is 4.79 Å². The van der Waals surface area contributed by atoms with Crippen LogP contribution in [-0.2, 0) is 11.3 Å². The van der Waals surface area contributed by atoms with Crippen molar-refractivity contribution in [2.24, 2.45) is 0 Å². The lowest BCUT2D eigenvalue weighted by molar-refractivity contribution is -0.116. The lowest BCUT2D eigenvalue weighted by atomic mass is 9.96. The minimum atomic E-state index is -0.187. The van der Waals surface area contributed by atoms with Crippen LogP contribution in [0.2, 0.25) is 0 Å². The average Bonchev–Trinajstić information content (AvgIpc) is 3.32. The average molecular weight is 472 g/mol. The first-order valence-corrected chi connectivity index (χ1v) is 11.3. The molecule has 1 heterocycles.